The first-order valence-electron chi connectivity index (χ1n) is 13.1. The zero-order valence-corrected chi connectivity index (χ0v) is 22.0. The minimum absolute atomic E-state index is 0.0202. The summed E-state index contributed by atoms with van der Waals surface area (Å²) >= 11 is 1.56. The van der Waals surface area contributed by atoms with Gasteiger partial charge < -0.3 is 25.6 Å². The number of rotatable bonds is 5. The van der Waals surface area contributed by atoms with E-state index in [1.165, 1.54) is 0 Å². The maximum Gasteiger partial charge on any atom is 0.326 e. The summed E-state index contributed by atoms with van der Waals surface area (Å²) in [5.41, 5.74) is 2.61. The van der Waals surface area contributed by atoms with Crippen LogP contribution in [-0.4, -0.2) is 61.0 Å². The number of likely N-dealkylation sites (N-methyl/N-ethyl adjacent to an activating group) is 1. The van der Waals surface area contributed by atoms with Gasteiger partial charge in [-0.25, -0.2) is 4.79 Å². The zero-order chi connectivity index (χ0) is 25.5. The van der Waals surface area contributed by atoms with Gasteiger partial charge in [0.15, 0.2) is 0 Å². The molecule has 3 amide bonds. The number of hydrogen-bond donors (Lipinski definition) is 3. The molecule has 4 aliphatic heterocycles. The highest BCUT2D eigenvalue weighted by Gasteiger charge is 2.52. The van der Waals surface area contributed by atoms with Gasteiger partial charge in [0.25, 0.3) is 5.91 Å². The standard InChI is InChI=1S/C28H33N5O3S/c1-17-15-20(36-19-8-4-3-5-9-19)10-11-21(17)33-22-12-13-29-27-23(22)24(31-28(33)35)25(37-27)26(34)30-18-7-6-14-32(2)16-18/h3-5,8-11,15,18,22-23,27,29H,6-7,12-14,16H2,1-2H3,(H,30,34)(H,31,35)/t18-,22?,23?,27?/m0/s1. The third kappa shape index (κ3) is 4.71. The van der Waals surface area contributed by atoms with E-state index in [0.717, 1.165) is 67.3 Å². The third-order valence-corrected chi connectivity index (χ3v) is 9.07. The number of aryl methyl sites for hydroxylation is 1. The lowest BCUT2D eigenvalue weighted by atomic mass is 9.86. The Morgan fingerprint density at radius 2 is 1.97 bits per heavy atom. The summed E-state index contributed by atoms with van der Waals surface area (Å²) in [6.07, 6.45) is 2.89. The molecule has 6 rings (SSSR count). The number of hydrogen-bond acceptors (Lipinski definition) is 6. The van der Waals surface area contributed by atoms with Crippen molar-refractivity contribution in [2.45, 2.75) is 43.6 Å². The Bertz CT molecular complexity index is 1240. The zero-order valence-electron chi connectivity index (χ0n) is 21.2. The molecule has 0 aromatic heterocycles. The van der Waals surface area contributed by atoms with Gasteiger partial charge in [-0.2, -0.15) is 0 Å². The number of anilines is 1. The Hall–Kier alpha value is -3.01. The van der Waals surface area contributed by atoms with E-state index in [9.17, 15) is 9.59 Å². The van der Waals surface area contributed by atoms with Crippen molar-refractivity contribution in [2.75, 3.05) is 31.6 Å². The molecule has 0 aliphatic carbocycles. The predicted octanol–water partition coefficient (Wildman–Crippen LogP) is 3.79. The van der Waals surface area contributed by atoms with E-state index in [1.807, 2.05) is 60.4 Å². The maximum atomic E-state index is 13.5. The van der Waals surface area contributed by atoms with Gasteiger partial charge in [-0.15, -0.1) is 0 Å². The van der Waals surface area contributed by atoms with Crippen molar-refractivity contribution in [3.63, 3.8) is 0 Å². The summed E-state index contributed by atoms with van der Waals surface area (Å²) in [6, 6.07) is 15.5. The highest BCUT2D eigenvalue weighted by molar-refractivity contribution is 8.04. The van der Waals surface area contributed by atoms with Crippen molar-refractivity contribution >= 4 is 29.4 Å². The highest BCUT2D eigenvalue weighted by Crippen LogP contribution is 2.48. The molecule has 0 spiro atoms. The molecule has 37 heavy (non-hydrogen) atoms. The molecule has 3 N–H and O–H groups in total. The quantitative estimate of drug-likeness (QED) is 0.557. The summed E-state index contributed by atoms with van der Waals surface area (Å²) in [7, 11) is 2.09. The number of likely N-dealkylation sites (tertiary alicyclic amines) is 1. The van der Waals surface area contributed by atoms with Crippen molar-refractivity contribution in [1.82, 2.24) is 20.9 Å². The van der Waals surface area contributed by atoms with Gasteiger partial charge in [-0.05, 0) is 82.2 Å². The first kappa shape index (κ1) is 24.3. The second-order valence-electron chi connectivity index (χ2n) is 10.4. The molecule has 0 radical (unpaired) electrons. The average Bonchev–Trinajstić information content (AvgIpc) is 3.25. The van der Waals surface area contributed by atoms with Crippen LogP contribution in [0.15, 0.2) is 59.1 Å². The number of carbonyl (C=O) groups is 2. The van der Waals surface area contributed by atoms with Gasteiger partial charge >= 0.3 is 6.03 Å². The van der Waals surface area contributed by atoms with Gasteiger partial charge in [0.2, 0.25) is 0 Å². The number of para-hydroxylation sites is 1. The van der Waals surface area contributed by atoms with E-state index in [1.54, 1.807) is 11.8 Å². The topological polar surface area (TPSA) is 85.9 Å². The average molecular weight is 520 g/mol. The van der Waals surface area contributed by atoms with E-state index >= 15 is 0 Å². The van der Waals surface area contributed by atoms with Crippen LogP contribution >= 0.6 is 11.8 Å². The number of urea groups is 1. The van der Waals surface area contributed by atoms with Crippen molar-refractivity contribution in [3.05, 3.63) is 64.7 Å². The molecule has 4 aliphatic rings. The molecule has 0 bridgehead atoms. The largest absolute Gasteiger partial charge is 0.457 e. The first-order chi connectivity index (χ1) is 18.0. The van der Waals surface area contributed by atoms with Crippen LogP contribution in [0, 0.1) is 12.8 Å². The van der Waals surface area contributed by atoms with Crippen LogP contribution in [0.1, 0.15) is 24.8 Å². The lowest BCUT2D eigenvalue weighted by Crippen LogP contribution is -2.62. The molecule has 194 valence electrons. The molecule has 3 unspecified atom stereocenters. The van der Waals surface area contributed by atoms with Gasteiger partial charge in [0, 0.05) is 29.9 Å². The number of benzene rings is 2. The number of thioether (sulfide) groups is 1. The van der Waals surface area contributed by atoms with Crippen LogP contribution in [-0.2, 0) is 4.79 Å². The molecule has 8 nitrogen and oxygen atoms in total. The fourth-order valence-electron chi connectivity index (χ4n) is 6.02. The van der Waals surface area contributed by atoms with Gasteiger partial charge in [-0.3, -0.25) is 9.69 Å². The second kappa shape index (κ2) is 10.0. The van der Waals surface area contributed by atoms with Crippen LogP contribution in [0.2, 0.25) is 0 Å². The van der Waals surface area contributed by atoms with Gasteiger partial charge in [0.1, 0.15) is 11.5 Å². The maximum absolute atomic E-state index is 13.5. The Morgan fingerprint density at radius 3 is 2.76 bits per heavy atom. The highest BCUT2D eigenvalue weighted by atomic mass is 32.2. The summed E-state index contributed by atoms with van der Waals surface area (Å²) in [6.45, 7) is 4.73. The Kier molecular flexibility index (Phi) is 6.60. The van der Waals surface area contributed by atoms with Crippen LogP contribution in [0.25, 0.3) is 0 Å². The van der Waals surface area contributed by atoms with Crippen LogP contribution in [0.4, 0.5) is 10.5 Å². The van der Waals surface area contributed by atoms with Crippen molar-refractivity contribution in [3.8, 4) is 11.5 Å². The minimum Gasteiger partial charge on any atom is -0.457 e. The third-order valence-electron chi connectivity index (χ3n) is 7.71. The Labute approximate surface area is 221 Å². The molecule has 4 atom stereocenters. The molecule has 9 heteroatoms. The number of piperidine rings is 2. The van der Waals surface area contributed by atoms with Gasteiger partial charge in [-0.1, -0.05) is 30.0 Å². The van der Waals surface area contributed by atoms with Crippen LogP contribution in [0.3, 0.4) is 0 Å². The molecule has 3 fully saturated rings. The summed E-state index contributed by atoms with van der Waals surface area (Å²) in [5, 5.41) is 9.99. The monoisotopic (exact) mass is 519 g/mol. The van der Waals surface area contributed by atoms with Crippen molar-refractivity contribution in [1.29, 1.82) is 0 Å². The second-order valence-corrected chi connectivity index (χ2v) is 11.5. The minimum atomic E-state index is -0.179. The summed E-state index contributed by atoms with van der Waals surface area (Å²) < 4.78 is 6.00. The lowest BCUT2D eigenvalue weighted by molar-refractivity contribution is -0.117. The smallest absolute Gasteiger partial charge is 0.326 e. The summed E-state index contributed by atoms with van der Waals surface area (Å²) in [5.74, 6) is 1.47. The number of nitrogens with one attached hydrogen (secondary N) is 3. The van der Waals surface area contributed by atoms with Gasteiger partial charge in [0.05, 0.1) is 16.3 Å². The Morgan fingerprint density at radius 1 is 1.14 bits per heavy atom. The number of nitrogens with zero attached hydrogens (tertiary/aromatic N) is 2. The van der Waals surface area contributed by atoms with Crippen LogP contribution in [0.5, 0.6) is 11.5 Å². The van der Waals surface area contributed by atoms with Crippen molar-refractivity contribution < 1.29 is 14.3 Å². The molecule has 2 aromatic rings. The van der Waals surface area contributed by atoms with E-state index in [4.69, 9.17) is 4.74 Å². The number of amides is 3. The van der Waals surface area contributed by atoms with E-state index in [0.29, 0.717) is 4.91 Å². The molecule has 4 heterocycles. The van der Waals surface area contributed by atoms with Crippen LogP contribution < -0.4 is 25.6 Å². The normalized spacial score (nSPS) is 27.5. The fraction of sp³-hybridized carbons (Fsp3) is 0.429. The number of carbonyl (C=O) groups excluding carboxylic acids is 2. The van der Waals surface area contributed by atoms with Crippen molar-refractivity contribution in [2.24, 2.45) is 5.92 Å². The predicted molar refractivity (Wildman–Crippen MR) is 146 cm³/mol. The fourth-order valence-corrected chi connectivity index (χ4v) is 7.42. The van der Waals surface area contributed by atoms with E-state index in [-0.39, 0.29) is 35.3 Å². The lowest BCUT2D eigenvalue weighted by Gasteiger charge is -2.46. The molecule has 0 saturated carbocycles. The SMILES string of the molecule is Cc1cc(Oc2ccccc2)ccc1N1C(=O)NC2=C(C(=O)N[C@H]3CCCN(C)C3)SC3NCCC1C23. The van der Waals surface area contributed by atoms with E-state index in [2.05, 4.69) is 27.9 Å². The summed E-state index contributed by atoms with van der Waals surface area (Å²) in [4.78, 5) is 31.7. The number of ether oxygens (including phenoxy) is 1. The Balaban J connectivity index is 1.24. The van der Waals surface area contributed by atoms with E-state index < -0.39 is 0 Å². The molecule has 2 aromatic carbocycles. The molecule has 3 saturated heterocycles. The molecular formula is C28H33N5O3S. The first-order valence-corrected chi connectivity index (χ1v) is 13.9. The molecular weight excluding hydrogens is 486 g/mol.